The maximum Gasteiger partial charge on any atom is 0.410 e. The standard InChI is InChI=1S/C25H33FN4O7S/c1-5-22(31)29-38(33,34)13-10-18-6-7-21(20(26)14-18)37-24-17(4)23(27-15-28-24)36-19-8-11-30(12-9-19)25(32)35-16(2)3/h6-7,14-16,19H,5,8-13H2,1-4H3,(H,29,31). The minimum Gasteiger partial charge on any atom is -0.474 e. The Bertz CT molecular complexity index is 1250. The lowest BCUT2D eigenvalue weighted by atomic mass is 10.1. The molecule has 1 aliphatic rings. The number of hydrogen-bond acceptors (Lipinski definition) is 9. The number of aryl methyl sites for hydroxylation is 1. The van der Waals surface area contributed by atoms with Crippen molar-refractivity contribution in [3.63, 3.8) is 0 Å². The Morgan fingerprint density at radius 2 is 1.87 bits per heavy atom. The molecule has 0 aliphatic carbocycles. The predicted molar refractivity (Wildman–Crippen MR) is 136 cm³/mol. The van der Waals surface area contributed by atoms with Crippen LogP contribution in [-0.2, 0) is 26.0 Å². The summed E-state index contributed by atoms with van der Waals surface area (Å²) in [5.41, 5.74) is 0.909. The molecule has 13 heteroatoms. The van der Waals surface area contributed by atoms with Crippen molar-refractivity contribution in [2.45, 2.75) is 65.6 Å². The number of nitrogens with one attached hydrogen (secondary N) is 1. The Labute approximate surface area is 221 Å². The summed E-state index contributed by atoms with van der Waals surface area (Å²) in [4.78, 5) is 33.3. The molecule has 1 aromatic carbocycles. The molecule has 0 bridgehead atoms. The number of amides is 2. The van der Waals surface area contributed by atoms with Crippen molar-refractivity contribution in [3.05, 3.63) is 41.5 Å². The molecule has 1 aromatic heterocycles. The summed E-state index contributed by atoms with van der Waals surface area (Å²) in [7, 11) is -3.81. The van der Waals surface area contributed by atoms with Crippen LogP contribution in [0.1, 0.15) is 51.2 Å². The van der Waals surface area contributed by atoms with Crippen molar-refractivity contribution in [2.75, 3.05) is 18.8 Å². The van der Waals surface area contributed by atoms with Crippen LogP contribution in [0.3, 0.4) is 0 Å². The van der Waals surface area contributed by atoms with E-state index in [1.54, 1.807) is 38.7 Å². The fourth-order valence-electron chi connectivity index (χ4n) is 3.67. The van der Waals surface area contributed by atoms with Gasteiger partial charge in [0, 0.05) is 32.4 Å². The molecular weight excluding hydrogens is 519 g/mol. The van der Waals surface area contributed by atoms with E-state index in [2.05, 4.69) is 9.97 Å². The first kappa shape index (κ1) is 29.1. The molecule has 0 saturated carbocycles. The van der Waals surface area contributed by atoms with Gasteiger partial charge in [-0.3, -0.25) is 9.52 Å². The van der Waals surface area contributed by atoms with Crippen LogP contribution in [0.25, 0.3) is 0 Å². The SMILES string of the molecule is CCC(=O)NS(=O)(=O)CCc1ccc(Oc2ncnc(OC3CCN(C(=O)OC(C)C)CC3)c2C)c(F)c1. The van der Waals surface area contributed by atoms with Crippen LogP contribution in [0, 0.1) is 12.7 Å². The van der Waals surface area contributed by atoms with Crippen molar-refractivity contribution < 1.29 is 36.6 Å². The van der Waals surface area contributed by atoms with Gasteiger partial charge in [0.05, 0.1) is 17.4 Å². The van der Waals surface area contributed by atoms with Gasteiger partial charge in [0.15, 0.2) is 11.6 Å². The van der Waals surface area contributed by atoms with Gasteiger partial charge in [-0.05, 0) is 44.9 Å². The van der Waals surface area contributed by atoms with Gasteiger partial charge in [0.25, 0.3) is 0 Å². The van der Waals surface area contributed by atoms with Gasteiger partial charge in [0.2, 0.25) is 27.7 Å². The number of aromatic nitrogens is 2. The van der Waals surface area contributed by atoms with E-state index in [0.717, 1.165) is 0 Å². The number of ether oxygens (including phenoxy) is 3. The largest absolute Gasteiger partial charge is 0.474 e. The lowest BCUT2D eigenvalue weighted by molar-refractivity contribution is -0.119. The van der Waals surface area contributed by atoms with Crippen molar-refractivity contribution in [2.24, 2.45) is 0 Å². The van der Waals surface area contributed by atoms with Crippen molar-refractivity contribution in [1.29, 1.82) is 0 Å². The van der Waals surface area contributed by atoms with Crippen molar-refractivity contribution in [3.8, 4) is 17.5 Å². The molecule has 11 nitrogen and oxygen atoms in total. The lowest BCUT2D eigenvalue weighted by Gasteiger charge is -2.31. The highest BCUT2D eigenvalue weighted by atomic mass is 32.2. The number of hydrogen-bond donors (Lipinski definition) is 1. The van der Waals surface area contributed by atoms with Gasteiger partial charge in [0.1, 0.15) is 12.4 Å². The maximum atomic E-state index is 14.7. The van der Waals surface area contributed by atoms with Crippen molar-refractivity contribution >= 4 is 22.0 Å². The lowest BCUT2D eigenvalue weighted by Crippen LogP contribution is -2.42. The Hall–Kier alpha value is -3.48. The highest BCUT2D eigenvalue weighted by Gasteiger charge is 2.26. The smallest absolute Gasteiger partial charge is 0.410 e. The molecule has 208 valence electrons. The molecule has 38 heavy (non-hydrogen) atoms. The Morgan fingerprint density at radius 1 is 1.18 bits per heavy atom. The molecule has 1 N–H and O–H groups in total. The van der Waals surface area contributed by atoms with E-state index in [-0.39, 0.29) is 48.5 Å². The molecule has 1 fully saturated rings. The zero-order valence-electron chi connectivity index (χ0n) is 21.9. The number of rotatable bonds is 10. The number of likely N-dealkylation sites (tertiary alicyclic amines) is 1. The first-order valence-electron chi connectivity index (χ1n) is 12.4. The average molecular weight is 553 g/mol. The zero-order valence-corrected chi connectivity index (χ0v) is 22.7. The van der Waals surface area contributed by atoms with Gasteiger partial charge < -0.3 is 19.1 Å². The number of carbonyl (C=O) groups is 2. The molecule has 0 unspecified atom stereocenters. The fourth-order valence-corrected chi connectivity index (χ4v) is 4.76. The molecule has 0 atom stereocenters. The number of piperidine rings is 1. The minimum atomic E-state index is -3.81. The first-order chi connectivity index (χ1) is 18.0. The van der Waals surface area contributed by atoms with E-state index in [0.29, 0.717) is 42.9 Å². The second-order valence-electron chi connectivity index (χ2n) is 9.16. The third-order valence-corrected chi connectivity index (χ3v) is 7.04. The number of carbonyl (C=O) groups excluding carboxylic acids is 2. The fraction of sp³-hybridized carbons (Fsp3) is 0.520. The highest BCUT2D eigenvalue weighted by molar-refractivity contribution is 7.90. The summed E-state index contributed by atoms with van der Waals surface area (Å²) in [6.07, 6.45) is 1.82. The summed E-state index contributed by atoms with van der Waals surface area (Å²) in [6, 6.07) is 4.11. The molecule has 0 radical (unpaired) electrons. The van der Waals surface area contributed by atoms with E-state index >= 15 is 0 Å². The third kappa shape index (κ3) is 8.27. The molecule has 2 heterocycles. The normalized spacial score (nSPS) is 14.3. The second kappa shape index (κ2) is 12.9. The molecule has 1 saturated heterocycles. The van der Waals surface area contributed by atoms with E-state index in [1.807, 2.05) is 4.72 Å². The Morgan fingerprint density at radius 3 is 2.50 bits per heavy atom. The van der Waals surface area contributed by atoms with Gasteiger partial charge in [-0.1, -0.05) is 13.0 Å². The molecular formula is C25H33FN4O7S. The number of halogens is 1. The molecule has 2 aromatic rings. The summed E-state index contributed by atoms with van der Waals surface area (Å²) in [5.74, 6) is -1.33. The van der Waals surface area contributed by atoms with Crippen LogP contribution in [0.4, 0.5) is 9.18 Å². The molecule has 2 amide bonds. The number of sulfonamides is 1. The molecule has 3 rings (SSSR count). The molecule has 0 spiro atoms. The van der Waals surface area contributed by atoms with Crippen LogP contribution >= 0.6 is 0 Å². The summed E-state index contributed by atoms with van der Waals surface area (Å²) in [5, 5.41) is 0. The summed E-state index contributed by atoms with van der Waals surface area (Å²) >= 11 is 0. The van der Waals surface area contributed by atoms with E-state index in [1.165, 1.54) is 18.5 Å². The van der Waals surface area contributed by atoms with Gasteiger partial charge >= 0.3 is 6.09 Å². The monoisotopic (exact) mass is 552 g/mol. The summed E-state index contributed by atoms with van der Waals surface area (Å²) < 4.78 is 57.6. The minimum absolute atomic E-state index is 0.0159. The number of benzene rings is 1. The van der Waals surface area contributed by atoms with E-state index in [9.17, 15) is 22.4 Å². The van der Waals surface area contributed by atoms with Crippen LogP contribution in [0.2, 0.25) is 0 Å². The topological polar surface area (TPSA) is 137 Å². The van der Waals surface area contributed by atoms with E-state index in [4.69, 9.17) is 14.2 Å². The highest BCUT2D eigenvalue weighted by Crippen LogP contribution is 2.31. The second-order valence-corrected chi connectivity index (χ2v) is 11.0. The average Bonchev–Trinajstić information content (AvgIpc) is 2.86. The maximum absolute atomic E-state index is 14.7. The van der Waals surface area contributed by atoms with Gasteiger partial charge in [-0.2, -0.15) is 0 Å². The zero-order chi connectivity index (χ0) is 27.9. The van der Waals surface area contributed by atoms with Crippen LogP contribution in [0.15, 0.2) is 24.5 Å². The summed E-state index contributed by atoms with van der Waals surface area (Å²) in [6.45, 7) is 7.83. The molecule has 1 aliphatic heterocycles. The van der Waals surface area contributed by atoms with Crippen LogP contribution in [-0.4, -0.2) is 66.3 Å². The van der Waals surface area contributed by atoms with Crippen LogP contribution < -0.4 is 14.2 Å². The first-order valence-corrected chi connectivity index (χ1v) is 14.1. The number of nitrogens with zero attached hydrogens (tertiary/aromatic N) is 3. The van der Waals surface area contributed by atoms with Crippen molar-refractivity contribution in [1.82, 2.24) is 19.6 Å². The Balaban J connectivity index is 1.59. The van der Waals surface area contributed by atoms with Gasteiger partial charge in [-0.15, -0.1) is 0 Å². The third-order valence-electron chi connectivity index (χ3n) is 5.76. The Kier molecular flexibility index (Phi) is 9.84. The van der Waals surface area contributed by atoms with Crippen LogP contribution in [0.5, 0.6) is 17.5 Å². The van der Waals surface area contributed by atoms with Gasteiger partial charge in [-0.25, -0.2) is 27.6 Å². The predicted octanol–water partition coefficient (Wildman–Crippen LogP) is 3.50. The quantitative estimate of drug-likeness (QED) is 0.469. The van der Waals surface area contributed by atoms with E-state index < -0.39 is 21.7 Å².